The molecule has 45 heteroatoms. The Hall–Kier alpha value is -10.5. The summed E-state index contributed by atoms with van der Waals surface area (Å²) in [6.07, 6.45) is 6.86. The first kappa shape index (κ1) is 120. The number of carbonyl (C=O) groups excluding carboxylic acids is 19. The van der Waals surface area contributed by atoms with Crippen molar-refractivity contribution in [2.45, 2.75) is 325 Å². The van der Waals surface area contributed by atoms with E-state index in [-0.39, 0.29) is 92.8 Å². The zero-order valence-electron chi connectivity index (χ0n) is 82.6. The lowest BCUT2D eigenvalue weighted by Crippen LogP contribution is -2.62. The van der Waals surface area contributed by atoms with E-state index >= 15 is 0 Å². The van der Waals surface area contributed by atoms with Crippen LogP contribution in [0.3, 0.4) is 0 Å². The first-order chi connectivity index (χ1) is 64.1. The second kappa shape index (κ2) is 60.9. The summed E-state index contributed by atoms with van der Waals surface area (Å²) in [7, 11) is 0. The lowest BCUT2D eigenvalue weighted by molar-refractivity contribution is -0.142. The molecule has 768 valence electrons. The predicted molar refractivity (Wildman–Crippen MR) is 514 cm³/mol. The number of rotatable bonds is 45. The highest BCUT2D eigenvalue weighted by molar-refractivity contribution is 7.99. The van der Waals surface area contributed by atoms with Crippen molar-refractivity contribution < 1.29 is 101 Å². The number of thioether (sulfide) groups is 2. The maximum Gasteiger partial charge on any atom is 0.326 e. The molecule has 0 aromatic carbocycles. The van der Waals surface area contributed by atoms with Gasteiger partial charge in [-0.05, 0) is 151 Å². The fourth-order valence-corrected chi connectivity index (χ4v) is 16.9. The van der Waals surface area contributed by atoms with Gasteiger partial charge in [0, 0.05) is 23.8 Å². The molecule has 3 aliphatic heterocycles. The lowest BCUT2D eigenvalue weighted by Gasteiger charge is -2.31. The van der Waals surface area contributed by atoms with Crippen LogP contribution in [0.4, 0.5) is 0 Å². The first-order valence-corrected chi connectivity index (χ1v) is 50.0. The predicted octanol–water partition coefficient (Wildman–Crippen LogP) is -1.80. The SMILES string of the molecule is CC=C(NC(=O)C(NC(=O)CNC(=O)C(NC(=O)C(NC(=O)C(NC(=O)CNC(=O)C(NC(=O)C1CSCCC(N)C(=O)NC(=CC)C(=O)N2CCCC2C(=O)NC(CC(C)C)C(=O)N1)C(C)C)C(C)C)C(C)CC)C(C)CC)C(C)CC)C(=O)NC(C)C(=O)NC1CSCC(C(=O)NC(CCCCN)C(=O)O)NC(=O)C(C(C)CC)NC(=O)C(CCCCN)NC(=O)C(C(C)CC)NC1=O. The summed E-state index contributed by atoms with van der Waals surface area (Å²) in [4.78, 5) is 283. The number of amides is 19. The Morgan fingerprint density at radius 2 is 0.971 bits per heavy atom. The summed E-state index contributed by atoms with van der Waals surface area (Å²) in [5, 5.41) is 57.7. The molecule has 19 amide bonds. The molecule has 3 fully saturated rings. The molecule has 3 saturated heterocycles. The molecule has 0 spiro atoms. The van der Waals surface area contributed by atoms with E-state index in [0.717, 1.165) is 11.8 Å². The Bertz CT molecular complexity index is 4160. The van der Waals surface area contributed by atoms with Gasteiger partial charge in [0.1, 0.15) is 102 Å². The zero-order valence-corrected chi connectivity index (χ0v) is 84.2. The van der Waals surface area contributed by atoms with Crippen LogP contribution in [0, 0.1) is 47.3 Å². The Labute approximate surface area is 807 Å². The Kier molecular flexibility index (Phi) is 53.6. The van der Waals surface area contributed by atoms with Crippen LogP contribution < -0.4 is 113 Å². The summed E-state index contributed by atoms with van der Waals surface area (Å²) in [6, 6.07) is -21.0. The third-order valence-corrected chi connectivity index (χ3v) is 26.8. The fraction of sp³-hybridized carbons (Fsp3) is 0.736. The molecule has 0 bridgehead atoms. The topological polar surface area (TPSA) is 659 Å². The van der Waals surface area contributed by atoms with Crippen LogP contribution in [0.1, 0.15) is 228 Å². The molecule has 21 atom stereocenters. The number of nitrogens with zero attached hydrogens (tertiary/aromatic N) is 1. The van der Waals surface area contributed by atoms with Crippen LogP contribution in [-0.4, -0.2) is 281 Å². The number of nitrogens with two attached hydrogens (primary N) is 3. The molecule has 0 aromatic heterocycles. The van der Waals surface area contributed by atoms with Crippen LogP contribution in [-0.2, 0) is 95.9 Å². The van der Waals surface area contributed by atoms with E-state index in [1.54, 1.807) is 104 Å². The average molecular weight is 1960 g/mol. The number of nitrogens with one attached hydrogen (secondary N) is 18. The van der Waals surface area contributed by atoms with Crippen molar-refractivity contribution in [1.29, 1.82) is 0 Å². The van der Waals surface area contributed by atoms with Crippen LogP contribution in [0.25, 0.3) is 0 Å². The highest BCUT2D eigenvalue weighted by atomic mass is 32.2. The van der Waals surface area contributed by atoms with Crippen LogP contribution in [0.15, 0.2) is 23.5 Å². The Balaban J connectivity index is 1.82. The summed E-state index contributed by atoms with van der Waals surface area (Å²) in [5.74, 6) is -21.6. The maximum atomic E-state index is 14.7. The van der Waals surface area contributed by atoms with Gasteiger partial charge in [-0.15, -0.1) is 0 Å². The van der Waals surface area contributed by atoms with Gasteiger partial charge in [-0.3, -0.25) is 91.1 Å². The van der Waals surface area contributed by atoms with Crippen molar-refractivity contribution in [2.75, 3.05) is 55.7 Å². The summed E-state index contributed by atoms with van der Waals surface area (Å²) >= 11 is 2.05. The molecular weight excluding hydrogens is 1800 g/mol. The number of carbonyl (C=O) groups is 20. The van der Waals surface area contributed by atoms with Crippen LogP contribution in [0.2, 0.25) is 0 Å². The van der Waals surface area contributed by atoms with Gasteiger partial charge >= 0.3 is 5.97 Å². The molecule has 21 unspecified atom stereocenters. The minimum Gasteiger partial charge on any atom is -0.480 e. The molecule has 3 aliphatic rings. The molecule has 0 aliphatic carbocycles. The standard InChI is InChI=1S/C91H156N22O21S2/c1-20-49(14)69(111-89(131)73(53(18)24-5)112-85(127)68(48(12)13)106-65(114)41-95-83(125)67(47(10)11)108-80(122)61-43-135-39-35-55(94)75(117)99-57(26-7)90(132)113-38-31-34-64(113)82(124)102-60(40-46(8)9)78(120)104-61)84(126)96-42-66(115)107-70(50(15)21-2)86(128)98-56(25-6)76(118)97-54(19)74(116)103-63-45-136-44-62(79(121)101-59(91(133)134)33-28-30-37-93)105-88(130)72(52(17)23-4)109-77(119)58(32-27-29-36-92)100-87(129)71(51(16)22-3)110-81(63)123/h25-26,46-55,58-64,67-73H,20-24,27-45,92-94H2,1-19H3,(H,95,125)(H,96,126)(H,97,118)(H,98,128)(H,99,117)(H,100,129)(H,101,121)(H,102,124)(H,103,116)(H,104,120)(H,105,130)(H,106,114)(H,107,115)(H,108,122)(H,109,119)(H,110,123)(H,111,131)(H,112,127)(H,133,134). The van der Waals surface area contributed by atoms with Crippen molar-refractivity contribution in [2.24, 2.45) is 64.5 Å². The minimum atomic E-state index is -1.57. The van der Waals surface area contributed by atoms with Crippen molar-refractivity contribution in [3.63, 3.8) is 0 Å². The first-order valence-electron chi connectivity index (χ1n) is 47.7. The summed E-state index contributed by atoms with van der Waals surface area (Å²) in [6.45, 7) is 30.8. The quantitative estimate of drug-likeness (QED) is 0.0236. The van der Waals surface area contributed by atoms with Gasteiger partial charge in [-0.25, -0.2) is 4.79 Å². The Morgan fingerprint density at radius 1 is 0.493 bits per heavy atom. The fourth-order valence-electron chi connectivity index (χ4n) is 14.8. The van der Waals surface area contributed by atoms with Crippen LogP contribution >= 0.6 is 23.5 Å². The van der Waals surface area contributed by atoms with E-state index in [9.17, 15) is 101 Å². The number of unbranched alkanes of at least 4 members (excludes halogenated alkanes) is 2. The zero-order chi connectivity index (χ0) is 103. The lowest BCUT2D eigenvalue weighted by atomic mass is 9.94. The third kappa shape index (κ3) is 38.8. The van der Waals surface area contributed by atoms with Crippen molar-refractivity contribution >= 4 is 142 Å². The summed E-state index contributed by atoms with van der Waals surface area (Å²) < 4.78 is 0. The second-order valence-electron chi connectivity index (χ2n) is 36.5. The third-order valence-electron chi connectivity index (χ3n) is 24.6. The number of hydrogen-bond acceptors (Lipinski definition) is 25. The van der Waals surface area contributed by atoms with E-state index in [4.69, 9.17) is 17.2 Å². The number of allylic oxidation sites excluding steroid dienone is 2. The molecule has 0 radical (unpaired) electrons. The molecule has 25 N–H and O–H groups in total. The van der Waals surface area contributed by atoms with Crippen molar-refractivity contribution in [3.8, 4) is 0 Å². The van der Waals surface area contributed by atoms with E-state index in [2.05, 4.69) is 95.7 Å². The molecule has 3 heterocycles. The molecule has 136 heavy (non-hydrogen) atoms. The van der Waals surface area contributed by atoms with Crippen molar-refractivity contribution in [1.82, 2.24) is 101 Å². The van der Waals surface area contributed by atoms with Gasteiger partial charge in [0.2, 0.25) is 100 Å². The molecule has 43 nitrogen and oxygen atoms in total. The van der Waals surface area contributed by atoms with Crippen LogP contribution in [0.5, 0.6) is 0 Å². The van der Waals surface area contributed by atoms with Gasteiger partial charge in [0.05, 0.1) is 19.1 Å². The van der Waals surface area contributed by atoms with Gasteiger partial charge in [-0.2, -0.15) is 23.5 Å². The number of carboxylic acids is 1. The van der Waals surface area contributed by atoms with Gasteiger partial charge < -0.3 is 123 Å². The monoisotopic (exact) mass is 1960 g/mol. The maximum absolute atomic E-state index is 14.7. The molecular formula is C91H156N22O21S2. The summed E-state index contributed by atoms with van der Waals surface area (Å²) in [5.41, 5.74) is 17.3. The second-order valence-corrected chi connectivity index (χ2v) is 38.7. The highest BCUT2D eigenvalue weighted by Crippen LogP contribution is 2.24. The minimum absolute atomic E-state index is 0.0130. The normalized spacial score (nSPS) is 22.9. The number of aliphatic carboxylic acids is 1. The van der Waals surface area contributed by atoms with E-state index < -0.39 is 275 Å². The number of carboxylic acid groups (broad SMARTS) is 1. The molecule has 0 saturated carbocycles. The van der Waals surface area contributed by atoms with Gasteiger partial charge in [-0.1, -0.05) is 155 Å². The van der Waals surface area contributed by atoms with Crippen molar-refractivity contribution in [3.05, 3.63) is 23.5 Å². The highest BCUT2D eigenvalue weighted by Gasteiger charge is 2.43. The largest absolute Gasteiger partial charge is 0.480 e. The smallest absolute Gasteiger partial charge is 0.326 e. The van der Waals surface area contributed by atoms with Gasteiger partial charge in [0.15, 0.2) is 0 Å². The van der Waals surface area contributed by atoms with E-state index in [0.29, 0.717) is 57.8 Å². The van der Waals surface area contributed by atoms with Gasteiger partial charge in [0.25, 0.3) is 11.8 Å². The van der Waals surface area contributed by atoms with E-state index in [1.165, 1.54) is 42.7 Å². The average Bonchev–Trinajstić information content (AvgIpc) is 1.67. The van der Waals surface area contributed by atoms with E-state index in [1.807, 2.05) is 13.8 Å². The molecule has 3 rings (SSSR count). The molecule has 0 aromatic rings. The number of hydrogen-bond donors (Lipinski definition) is 22. The number of fused-ring (bicyclic) bond motifs is 1. The Morgan fingerprint density at radius 3 is 1.49 bits per heavy atom.